The van der Waals surface area contributed by atoms with Gasteiger partial charge in [-0.15, -0.1) is 0 Å². The highest BCUT2D eigenvalue weighted by Crippen LogP contribution is 2.65. The van der Waals surface area contributed by atoms with E-state index in [0.717, 1.165) is 43.9 Å². The monoisotopic (exact) mass is 356 g/mol. The molecule has 142 valence electrons. The molecule has 4 fully saturated rings. The van der Waals surface area contributed by atoms with Gasteiger partial charge < -0.3 is 4.74 Å². The van der Waals surface area contributed by atoms with Gasteiger partial charge in [0.1, 0.15) is 6.10 Å². The minimum absolute atomic E-state index is 0.0315. The average molecular weight is 357 g/mol. The van der Waals surface area contributed by atoms with E-state index in [4.69, 9.17) is 4.74 Å². The zero-order chi connectivity index (χ0) is 18.1. The summed E-state index contributed by atoms with van der Waals surface area (Å²) < 4.78 is 5.78. The molecule has 1 heterocycles. The molecule has 3 heteroatoms. The fourth-order valence-corrected chi connectivity index (χ4v) is 7.57. The van der Waals surface area contributed by atoms with Crippen LogP contribution in [0, 0.1) is 40.9 Å². The predicted octanol–water partition coefficient (Wildman–Crippen LogP) is 4.70. The lowest BCUT2D eigenvalue weighted by atomic mass is 9.47. The van der Waals surface area contributed by atoms with Crippen LogP contribution in [-0.4, -0.2) is 17.9 Å². The lowest BCUT2D eigenvalue weighted by Gasteiger charge is -2.57. The first kappa shape index (κ1) is 17.0. The molecule has 0 N–H and O–H groups in total. The minimum Gasteiger partial charge on any atom is -0.462 e. The van der Waals surface area contributed by atoms with Crippen molar-refractivity contribution in [1.29, 1.82) is 0 Å². The first-order valence-electron chi connectivity index (χ1n) is 10.9. The molecule has 0 radical (unpaired) electrons. The van der Waals surface area contributed by atoms with E-state index in [1.807, 2.05) is 6.08 Å². The minimum atomic E-state index is 0.0315. The topological polar surface area (TPSA) is 43.4 Å². The van der Waals surface area contributed by atoms with Crippen molar-refractivity contribution in [3.8, 4) is 0 Å². The maximum absolute atomic E-state index is 12.0. The average Bonchev–Trinajstić information content (AvgIpc) is 3.32. The molecule has 0 amide bonds. The van der Waals surface area contributed by atoms with E-state index < -0.39 is 0 Å². The molecule has 0 spiro atoms. The Bertz CT molecular complexity index is 664. The van der Waals surface area contributed by atoms with Gasteiger partial charge in [0.2, 0.25) is 0 Å². The lowest BCUT2D eigenvalue weighted by Crippen LogP contribution is -2.51. The molecule has 0 aromatic heterocycles. The van der Waals surface area contributed by atoms with Crippen LogP contribution in [0.1, 0.15) is 71.6 Å². The van der Waals surface area contributed by atoms with Crippen LogP contribution in [0.2, 0.25) is 0 Å². The van der Waals surface area contributed by atoms with Crippen LogP contribution in [0.15, 0.2) is 11.6 Å². The third-order valence-electron chi connectivity index (χ3n) is 8.67. The molecule has 1 saturated heterocycles. The summed E-state index contributed by atoms with van der Waals surface area (Å²) in [5.74, 6) is 4.45. The molecule has 5 aliphatic rings. The Morgan fingerprint density at radius 3 is 2.81 bits per heavy atom. The van der Waals surface area contributed by atoms with Gasteiger partial charge in [-0.2, -0.15) is 0 Å². The molecule has 1 aliphatic heterocycles. The summed E-state index contributed by atoms with van der Waals surface area (Å²) in [4.78, 5) is 24.0. The van der Waals surface area contributed by atoms with E-state index in [2.05, 4.69) is 13.8 Å². The number of carbonyl (C=O) groups excluding carboxylic acids is 2. The van der Waals surface area contributed by atoms with Crippen molar-refractivity contribution in [2.24, 2.45) is 40.9 Å². The Labute approximate surface area is 156 Å². The number of esters is 1. The summed E-state index contributed by atoms with van der Waals surface area (Å²) in [6, 6.07) is 0. The highest BCUT2D eigenvalue weighted by molar-refractivity contribution is 5.91. The predicted molar refractivity (Wildman–Crippen MR) is 99.2 cm³/mol. The second-order valence-electron chi connectivity index (χ2n) is 10.3. The van der Waals surface area contributed by atoms with Crippen molar-refractivity contribution in [2.75, 3.05) is 0 Å². The van der Waals surface area contributed by atoms with E-state index >= 15 is 0 Å². The molecule has 8 atom stereocenters. The normalized spacial score (nSPS) is 50.5. The zero-order valence-corrected chi connectivity index (χ0v) is 16.2. The molecule has 4 aliphatic carbocycles. The number of hydrogen-bond donors (Lipinski definition) is 0. The maximum atomic E-state index is 12.0. The molecule has 7 unspecified atom stereocenters. The maximum Gasteiger partial charge on any atom is 0.306 e. The van der Waals surface area contributed by atoms with E-state index in [1.165, 1.54) is 24.8 Å². The fraction of sp³-hybridized carbons (Fsp3) is 0.826. The van der Waals surface area contributed by atoms with E-state index in [9.17, 15) is 9.59 Å². The molecule has 0 aromatic carbocycles. The molecule has 0 bridgehead atoms. The Hall–Kier alpha value is -1.12. The zero-order valence-electron chi connectivity index (χ0n) is 16.2. The highest BCUT2D eigenvalue weighted by Gasteiger charge is 2.61. The van der Waals surface area contributed by atoms with Crippen molar-refractivity contribution < 1.29 is 14.3 Å². The Balaban J connectivity index is 1.49. The second kappa shape index (κ2) is 5.94. The summed E-state index contributed by atoms with van der Waals surface area (Å²) in [5.41, 5.74) is 1.83. The second-order valence-corrected chi connectivity index (χ2v) is 10.3. The first-order valence-corrected chi connectivity index (χ1v) is 10.9. The first-order chi connectivity index (χ1) is 12.5. The Morgan fingerprint density at radius 2 is 1.96 bits per heavy atom. The fourth-order valence-electron chi connectivity index (χ4n) is 7.57. The van der Waals surface area contributed by atoms with Crippen LogP contribution in [-0.2, 0) is 14.3 Å². The van der Waals surface area contributed by atoms with E-state index in [1.54, 1.807) is 0 Å². The SMILES string of the molecule is CC1CC2=CC(=O)CCC2C2CCC3(C)CCCC(=O)OC4C[C@@H]4C3C12. The van der Waals surface area contributed by atoms with Gasteiger partial charge >= 0.3 is 5.97 Å². The molecular weight excluding hydrogens is 324 g/mol. The summed E-state index contributed by atoms with van der Waals surface area (Å²) in [6.07, 6.45) is 11.6. The standard InChI is InChI=1S/C23H32O3/c1-13-10-14-11-15(24)5-6-16(14)17-7-9-23(2)8-3-4-20(25)26-19-12-18(19)22(23)21(13)17/h11,13,16-19,21-22H,3-10,12H2,1-2H3/t13?,16?,17?,18-,19?,21?,22?,23?/m0/s1. The third-order valence-corrected chi connectivity index (χ3v) is 8.67. The van der Waals surface area contributed by atoms with Crippen molar-refractivity contribution >= 4 is 11.8 Å². The highest BCUT2D eigenvalue weighted by atomic mass is 16.5. The molecule has 26 heavy (non-hydrogen) atoms. The van der Waals surface area contributed by atoms with Gasteiger partial charge in [-0.25, -0.2) is 0 Å². The van der Waals surface area contributed by atoms with Crippen molar-refractivity contribution in [1.82, 2.24) is 0 Å². The number of fused-ring (bicyclic) bond motifs is 7. The van der Waals surface area contributed by atoms with Gasteiger partial charge in [0.15, 0.2) is 5.78 Å². The molecule has 3 saturated carbocycles. The van der Waals surface area contributed by atoms with Gasteiger partial charge in [-0.05, 0) is 86.0 Å². The summed E-state index contributed by atoms with van der Waals surface area (Å²) in [6.45, 7) is 4.94. The number of hydrogen-bond acceptors (Lipinski definition) is 3. The summed E-state index contributed by atoms with van der Waals surface area (Å²) in [5, 5.41) is 0. The van der Waals surface area contributed by atoms with Crippen LogP contribution in [0.5, 0.6) is 0 Å². The van der Waals surface area contributed by atoms with Crippen LogP contribution in [0.25, 0.3) is 0 Å². The molecule has 0 aromatic rings. The van der Waals surface area contributed by atoms with E-state index in [0.29, 0.717) is 41.3 Å². The van der Waals surface area contributed by atoms with Crippen molar-refractivity contribution in [2.45, 2.75) is 77.7 Å². The quantitative estimate of drug-likeness (QED) is 0.591. The van der Waals surface area contributed by atoms with Crippen molar-refractivity contribution in [3.05, 3.63) is 11.6 Å². The van der Waals surface area contributed by atoms with Crippen LogP contribution >= 0.6 is 0 Å². The number of carbonyl (C=O) groups is 2. The van der Waals surface area contributed by atoms with Crippen molar-refractivity contribution in [3.63, 3.8) is 0 Å². The van der Waals surface area contributed by atoms with Crippen LogP contribution < -0.4 is 0 Å². The van der Waals surface area contributed by atoms with Crippen LogP contribution in [0.3, 0.4) is 0 Å². The van der Waals surface area contributed by atoms with Gasteiger partial charge in [0.05, 0.1) is 0 Å². The number of allylic oxidation sites excluding steroid dienone is 2. The smallest absolute Gasteiger partial charge is 0.306 e. The molecular formula is C23H32O3. The van der Waals surface area contributed by atoms with Crippen LogP contribution in [0.4, 0.5) is 0 Å². The van der Waals surface area contributed by atoms with Gasteiger partial charge in [-0.3, -0.25) is 9.59 Å². The largest absolute Gasteiger partial charge is 0.462 e. The lowest BCUT2D eigenvalue weighted by molar-refractivity contribution is -0.145. The molecule has 3 nitrogen and oxygen atoms in total. The third kappa shape index (κ3) is 2.60. The number of ketones is 1. The van der Waals surface area contributed by atoms with Gasteiger partial charge in [0, 0.05) is 18.8 Å². The number of ether oxygens (including phenoxy) is 1. The molecule has 5 rings (SSSR count). The number of rotatable bonds is 0. The summed E-state index contributed by atoms with van der Waals surface area (Å²) in [7, 11) is 0. The van der Waals surface area contributed by atoms with Gasteiger partial charge in [-0.1, -0.05) is 19.4 Å². The Kier molecular flexibility index (Phi) is 3.89. The van der Waals surface area contributed by atoms with E-state index in [-0.39, 0.29) is 12.1 Å². The van der Waals surface area contributed by atoms with Gasteiger partial charge in [0.25, 0.3) is 0 Å². The summed E-state index contributed by atoms with van der Waals surface area (Å²) >= 11 is 0. The Morgan fingerprint density at radius 1 is 1.12 bits per heavy atom.